The van der Waals surface area contributed by atoms with Crippen molar-refractivity contribution in [1.82, 2.24) is 25.1 Å². The number of nitrogens with zero attached hydrogens (tertiary/aromatic N) is 4. The molecule has 9 nitrogen and oxygen atoms in total. The number of likely N-dealkylation sites (tertiary alicyclic amines) is 1. The molecule has 2 saturated carbocycles. The zero-order valence-corrected chi connectivity index (χ0v) is 27.8. The van der Waals surface area contributed by atoms with Crippen molar-refractivity contribution in [2.75, 3.05) is 26.7 Å². The van der Waals surface area contributed by atoms with E-state index in [2.05, 4.69) is 41.7 Å². The maximum absolute atomic E-state index is 12.5. The Balaban J connectivity index is 1.38. The molecule has 1 aliphatic heterocycles. The van der Waals surface area contributed by atoms with Gasteiger partial charge in [0.1, 0.15) is 11.3 Å². The second-order valence-corrected chi connectivity index (χ2v) is 14.6. The van der Waals surface area contributed by atoms with Gasteiger partial charge in [-0.25, -0.2) is 9.97 Å². The molecule has 1 spiro atoms. The molecule has 7 rings (SSSR count). The molecule has 0 unspecified atom stereocenters. The molecule has 1 saturated heterocycles. The van der Waals surface area contributed by atoms with Gasteiger partial charge in [-0.05, 0) is 115 Å². The number of aromatic amines is 1. The summed E-state index contributed by atoms with van der Waals surface area (Å²) in [4.78, 5) is 25.4. The number of hydrogen-bond acceptors (Lipinski definition) is 8. The molecule has 46 heavy (non-hydrogen) atoms. The van der Waals surface area contributed by atoms with Crippen LogP contribution in [-0.4, -0.2) is 63.1 Å². The first-order valence-electron chi connectivity index (χ1n) is 16.5. The molecule has 3 aliphatic rings. The average Bonchev–Trinajstić information content (AvgIpc) is 3.51. The molecule has 0 bridgehead atoms. The van der Waals surface area contributed by atoms with Crippen LogP contribution in [0.1, 0.15) is 81.3 Å². The van der Waals surface area contributed by atoms with E-state index < -0.39 is 11.1 Å². The lowest BCUT2D eigenvalue weighted by Gasteiger charge is -2.57. The van der Waals surface area contributed by atoms with Crippen molar-refractivity contribution >= 4 is 39.2 Å². The molecule has 4 aromatic rings. The Kier molecular flexibility index (Phi) is 7.74. The zero-order chi connectivity index (χ0) is 32.4. The maximum atomic E-state index is 12.5. The number of ether oxygens (including phenoxy) is 1. The van der Waals surface area contributed by atoms with Crippen molar-refractivity contribution in [2.24, 2.45) is 16.9 Å². The van der Waals surface area contributed by atoms with Crippen LogP contribution < -0.4 is 16.2 Å². The Morgan fingerprint density at radius 3 is 2.52 bits per heavy atom. The van der Waals surface area contributed by atoms with Gasteiger partial charge in [-0.1, -0.05) is 24.2 Å². The molecule has 0 atom stereocenters. The van der Waals surface area contributed by atoms with Gasteiger partial charge in [0.05, 0.1) is 40.1 Å². The minimum absolute atomic E-state index is 0.0258. The van der Waals surface area contributed by atoms with E-state index in [4.69, 9.17) is 37.8 Å². The Hall–Kier alpha value is -3.37. The standard InChI is InChI=1S/C36H44ClN7O2/c1-5-27(45)36(39)19-34(20-36)11-13-35(38,14-12-34)32-23-17-25(37)29(28-21(3)7-8-26-24(28)18-40-43-26)31(46-6-2)30(23)41-33(42-32)22-9-15-44(4)16-10-22/h5,7-8,17-18,22H,1,6,9-16,19-20,38-39H2,2-4H3,(H,40,43). The molecule has 3 fully saturated rings. The largest absolute Gasteiger partial charge is 0.491 e. The number of carbonyl (C=O) groups excluding carboxylic acids is 1. The quantitative estimate of drug-likeness (QED) is 0.200. The molecule has 0 amide bonds. The molecular weight excluding hydrogens is 598 g/mol. The van der Waals surface area contributed by atoms with Gasteiger partial charge in [-0.2, -0.15) is 5.10 Å². The number of aryl methyl sites for hydroxylation is 1. The van der Waals surface area contributed by atoms with Gasteiger partial charge in [0, 0.05) is 27.8 Å². The Labute approximate surface area is 275 Å². The number of H-pyrrole nitrogens is 1. The van der Waals surface area contributed by atoms with E-state index in [1.165, 1.54) is 6.08 Å². The minimum Gasteiger partial charge on any atom is -0.491 e. The normalized spacial score (nSPS) is 27.3. The fourth-order valence-electron chi connectivity index (χ4n) is 8.51. The number of benzene rings is 2. The van der Waals surface area contributed by atoms with E-state index in [1.54, 1.807) is 0 Å². The highest BCUT2D eigenvalue weighted by molar-refractivity contribution is 6.35. The summed E-state index contributed by atoms with van der Waals surface area (Å²) < 4.78 is 6.51. The summed E-state index contributed by atoms with van der Waals surface area (Å²) >= 11 is 7.26. The first-order valence-corrected chi connectivity index (χ1v) is 16.9. The summed E-state index contributed by atoms with van der Waals surface area (Å²) in [7, 11) is 2.16. The van der Waals surface area contributed by atoms with Crippen LogP contribution in [0.25, 0.3) is 32.9 Å². The monoisotopic (exact) mass is 641 g/mol. The molecule has 2 aliphatic carbocycles. The first-order chi connectivity index (χ1) is 22.0. The minimum atomic E-state index is -0.800. The summed E-state index contributed by atoms with van der Waals surface area (Å²) in [5, 5.41) is 9.80. The van der Waals surface area contributed by atoms with Gasteiger partial charge in [-0.3, -0.25) is 9.89 Å². The van der Waals surface area contributed by atoms with Crippen molar-refractivity contribution in [3.05, 3.63) is 59.2 Å². The summed E-state index contributed by atoms with van der Waals surface area (Å²) in [6.45, 7) is 10.2. The fourth-order valence-corrected chi connectivity index (χ4v) is 8.80. The number of nitrogens with one attached hydrogen (secondary N) is 1. The molecule has 5 N–H and O–H groups in total. The van der Waals surface area contributed by atoms with Crippen molar-refractivity contribution in [1.29, 1.82) is 0 Å². The lowest BCUT2D eigenvalue weighted by molar-refractivity contribution is -0.130. The number of carbonyl (C=O) groups is 1. The summed E-state index contributed by atoms with van der Waals surface area (Å²) in [5.74, 6) is 1.64. The van der Waals surface area contributed by atoms with Gasteiger partial charge >= 0.3 is 0 Å². The number of nitrogens with two attached hydrogens (primary N) is 2. The van der Waals surface area contributed by atoms with Crippen LogP contribution in [0.15, 0.2) is 37.1 Å². The number of halogens is 1. The van der Waals surface area contributed by atoms with E-state index in [1.807, 2.05) is 25.3 Å². The molecule has 3 heterocycles. The third kappa shape index (κ3) is 5.03. The highest BCUT2D eigenvalue weighted by Crippen LogP contribution is 2.59. The highest BCUT2D eigenvalue weighted by atomic mass is 35.5. The second-order valence-electron chi connectivity index (χ2n) is 14.2. The van der Waals surface area contributed by atoms with E-state index in [9.17, 15) is 4.79 Å². The van der Waals surface area contributed by atoms with Crippen molar-refractivity contribution in [2.45, 2.75) is 82.2 Å². The lowest BCUT2D eigenvalue weighted by Crippen LogP contribution is -2.64. The zero-order valence-electron chi connectivity index (χ0n) is 27.1. The van der Waals surface area contributed by atoms with Gasteiger partial charge in [0.2, 0.25) is 0 Å². The lowest BCUT2D eigenvalue weighted by atomic mass is 9.49. The summed E-state index contributed by atoms with van der Waals surface area (Å²) in [6.07, 6.45) is 9.76. The Morgan fingerprint density at radius 2 is 1.85 bits per heavy atom. The smallest absolute Gasteiger partial charge is 0.174 e. The van der Waals surface area contributed by atoms with Crippen LogP contribution in [0, 0.1) is 12.3 Å². The van der Waals surface area contributed by atoms with Gasteiger partial charge in [0.25, 0.3) is 0 Å². The van der Waals surface area contributed by atoms with Crippen LogP contribution in [0.3, 0.4) is 0 Å². The molecule has 2 aromatic heterocycles. The number of fused-ring (bicyclic) bond motifs is 2. The second kappa shape index (κ2) is 11.4. The highest BCUT2D eigenvalue weighted by Gasteiger charge is 2.57. The van der Waals surface area contributed by atoms with Crippen LogP contribution in [0.4, 0.5) is 0 Å². The topological polar surface area (TPSA) is 136 Å². The molecule has 10 heteroatoms. The van der Waals surface area contributed by atoms with Gasteiger partial charge in [-0.15, -0.1) is 0 Å². The average molecular weight is 642 g/mol. The van der Waals surface area contributed by atoms with E-state index in [0.29, 0.717) is 30.2 Å². The Bertz CT molecular complexity index is 1840. The van der Waals surface area contributed by atoms with Gasteiger partial charge < -0.3 is 21.1 Å². The molecule has 2 aromatic carbocycles. The number of ketones is 1. The number of piperidine rings is 1. The van der Waals surface area contributed by atoms with Crippen molar-refractivity contribution in [3.8, 4) is 16.9 Å². The first kappa shape index (κ1) is 31.2. The predicted molar refractivity (Wildman–Crippen MR) is 183 cm³/mol. The number of aromatic nitrogens is 4. The fraction of sp³-hybridized carbons (Fsp3) is 0.500. The predicted octanol–water partition coefficient (Wildman–Crippen LogP) is 6.30. The Morgan fingerprint density at radius 1 is 1.13 bits per heavy atom. The van der Waals surface area contributed by atoms with Gasteiger partial charge in [0.15, 0.2) is 11.5 Å². The van der Waals surface area contributed by atoms with Crippen LogP contribution in [-0.2, 0) is 10.3 Å². The third-order valence-electron chi connectivity index (χ3n) is 11.1. The third-order valence-corrected chi connectivity index (χ3v) is 11.4. The van der Waals surface area contributed by atoms with Crippen molar-refractivity contribution in [3.63, 3.8) is 0 Å². The van der Waals surface area contributed by atoms with E-state index >= 15 is 0 Å². The van der Waals surface area contributed by atoms with E-state index in [-0.39, 0.29) is 17.1 Å². The summed E-state index contributed by atoms with van der Waals surface area (Å²) in [6, 6.07) is 6.11. The summed E-state index contributed by atoms with van der Waals surface area (Å²) in [5.41, 5.74) is 17.8. The van der Waals surface area contributed by atoms with E-state index in [0.717, 1.165) is 102 Å². The van der Waals surface area contributed by atoms with Crippen molar-refractivity contribution < 1.29 is 9.53 Å². The molecular formula is C36H44ClN7O2. The number of rotatable bonds is 7. The van der Waals surface area contributed by atoms with Crippen LogP contribution >= 0.6 is 11.6 Å². The van der Waals surface area contributed by atoms with Crippen LogP contribution in [0.5, 0.6) is 5.75 Å². The SMILES string of the molecule is C=CC(=O)C1(N)CC2(CCC(N)(c3nc(C4CCN(C)CC4)nc4c(OCC)c(-c5c(C)ccc6[nH]ncc56)c(Cl)cc34)CC2)C1. The number of hydrogen-bond donors (Lipinski definition) is 3. The van der Waals surface area contributed by atoms with Crippen LogP contribution in [0.2, 0.25) is 5.02 Å². The maximum Gasteiger partial charge on any atom is 0.174 e. The molecule has 0 radical (unpaired) electrons. The molecule has 242 valence electrons.